The van der Waals surface area contributed by atoms with Crippen molar-refractivity contribution in [2.45, 2.75) is 39.0 Å². The number of pyridine rings is 1. The average molecular weight is 357 g/mol. The average Bonchev–Trinajstić information content (AvgIpc) is 3.36. The Bertz CT molecular complexity index is 682. The Morgan fingerprint density at radius 1 is 1.31 bits per heavy atom. The van der Waals surface area contributed by atoms with Crippen LogP contribution in [0.1, 0.15) is 37.7 Å². The lowest BCUT2D eigenvalue weighted by Crippen LogP contribution is -2.45. The summed E-state index contributed by atoms with van der Waals surface area (Å²) in [7, 11) is 0. The van der Waals surface area contributed by atoms with Crippen molar-refractivity contribution in [1.29, 1.82) is 0 Å². The topological polar surface area (TPSA) is 71.5 Å². The van der Waals surface area contributed by atoms with Gasteiger partial charge in [0.1, 0.15) is 5.82 Å². The zero-order valence-corrected chi connectivity index (χ0v) is 15.4. The van der Waals surface area contributed by atoms with Gasteiger partial charge in [-0.25, -0.2) is 4.98 Å². The molecule has 2 amide bonds. The highest BCUT2D eigenvalue weighted by Crippen LogP contribution is 2.59. The highest BCUT2D eigenvalue weighted by Gasteiger charge is 2.59. The number of rotatable bonds is 3. The van der Waals surface area contributed by atoms with Crippen molar-refractivity contribution in [1.82, 2.24) is 9.88 Å². The fourth-order valence-corrected chi connectivity index (χ4v) is 4.41. The summed E-state index contributed by atoms with van der Waals surface area (Å²) in [5.74, 6) is 0.785. The SMILES string of the molecule is Cc1ccc(NC(=O)[C@H]2CCCN(C(=O)[C@H]3CC34CCOCC4)C2)nc1. The largest absolute Gasteiger partial charge is 0.381 e. The number of carbonyl (C=O) groups is 2. The van der Waals surface area contributed by atoms with Gasteiger partial charge in [0.15, 0.2) is 0 Å². The first kappa shape index (κ1) is 17.5. The van der Waals surface area contributed by atoms with E-state index in [-0.39, 0.29) is 29.1 Å². The zero-order chi connectivity index (χ0) is 18.1. The Balaban J connectivity index is 1.34. The zero-order valence-electron chi connectivity index (χ0n) is 15.4. The Kier molecular flexibility index (Phi) is 4.69. The van der Waals surface area contributed by atoms with Gasteiger partial charge in [-0.2, -0.15) is 0 Å². The summed E-state index contributed by atoms with van der Waals surface area (Å²) in [4.78, 5) is 31.7. The molecule has 3 fully saturated rings. The number of nitrogens with one attached hydrogen (secondary N) is 1. The predicted octanol–water partition coefficient (Wildman–Crippen LogP) is 2.38. The van der Waals surface area contributed by atoms with Crippen LogP contribution in [-0.2, 0) is 14.3 Å². The van der Waals surface area contributed by atoms with E-state index < -0.39 is 0 Å². The molecule has 1 aromatic heterocycles. The maximum absolute atomic E-state index is 12.9. The lowest BCUT2D eigenvalue weighted by Gasteiger charge is -2.33. The lowest BCUT2D eigenvalue weighted by atomic mass is 9.92. The minimum Gasteiger partial charge on any atom is -0.381 e. The molecule has 2 saturated heterocycles. The van der Waals surface area contributed by atoms with Gasteiger partial charge in [0, 0.05) is 38.4 Å². The lowest BCUT2D eigenvalue weighted by molar-refractivity contribution is -0.137. The van der Waals surface area contributed by atoms with Gasteiger partial charge in [-0.15, -0.1) is 0 Å². The fourth-order valence-electron chi connectivity index (χ4n) is 4.41. The van der Waals surface area contributed by atoms with E-state index in [1.165, 1.54) is 0 Å². The number of hydrogen-bond donors (Lipinski definition) is 1. The molecular weight excluding hydrogens is 330 g/mol. The first-order chi connectivity index (χ1) is 12.6. The highest BCUT2D eigenvalue weighted by molar-refractivity contribution is 5.92. The fraction of sp³-hybridized carbons (Fsp3) is 0.650. The third-order valence-electron chi connectivity index (χ3n) is 6.24. The van der Waals surface area contributed by atoms with Gasteiger partial charge in [-0.1, -0.05) is 6.07 Å². The molecule has 26 heavy (non-hydrogen) atoms. The third kappa shape index (κ3) is 3.47. The molecule has 6 nitrogen and oxygen atoms in total. The first-order valence-electron chi connectivity index (χ1n) is 9.67. The van der Waals surface area contributed by atoms with Crippen LogP contribution in [-0.4, -0.2) is 48.0 Å². The summed E-state index contributed by atoms with van der Waals surface area (Å²) in [6.07, 6.45) is 6.45. The molecule has 1 saturated carbocycles. The van der Waals surface area contributed by atoms with E-state index in [9.17, 15) is 9.59 Å². The van der Waals surface area contributed by atoms with Gasteiger partial charge >= 0.3 is 0 Å². The number of anilines is 1. The number of aryl methyl sites for hydroxylation is 1. The molecule has 1 spiro atoms. The van der Waals surface area contributed by atoms with Crippen molar-refractivity contribution >= 4 is 17.6 Å². The van der Waals surface area contributed by atoms with Crippen LogP contribution < -0.4 is 5.32 Å². The van der Waals surface area contributed by atoms with Crippen LogP contribution >= 0.6 is 0 Å². The van der Waals surface area contributed by atoms with E-state index >= 15 is 0 Å². The predicted molar refractivity (Wildman–Crippen MR) is 97.5 cm³/mol. The number of aromatic nitrogens is 1. The second-order valence-electron chi connectivity index (χ2n) is 8.06. The number of nitrogens with zero attached hydrogens (tertiary/aromatic N) is 2. The third-order valence-corrected chi connectivity index (χ3v) is 6.24. The Labute approximate surface area is 154 Å². The van der Waals surface area contributed by atoms with Gasteiger partial charge in [0.25, 0.3) is 0 Å². The molecule has 0 unspecified atom stereocenters. The van der Waals surface area contributed by atoms with Crippen LogP contribution in [0.2, 0.25) is 0 Å². The van der Waals surface area contributed by atoms with Crippen LogP contribution in [0, 0.1) is 24.2 Å². The maximum atomic E-state index is 12.9. The van der Waals surface area contributed by atoms with Crippen LogP contribution in [0.4, 0.5) is 5.82 Å². The number of amides is 2. The van der Waals surface area contributed by atoms with Crippen LogP contribution in [0.25, 0.3) is 0 Å². The van der Waals surface area contributed by atoms with Gasteiger partial charge in [-0.05, 0) is 56.1 Å². The molecule has 0 aromatic carbocycles. The summed E-state index contributed by atoms with van der Waals surface area (Å²) in [6, 6.07) is 3.75. The second kappa shape index (κ2) is 6.99. The van der Waals surface area contributed by atoms with E-state index in [1.807, 2.05) is 24.0 Å². The molecule has 1 aromatic rings. The number of ether oxygens (including phenoxy) is 1. The van der Waals surface area contributed by atoms with E-state index in [1.54, 1.807) is 6.20 Å². The first-order valence-corrected chi connectivity index (χ1v) is 9.67. The smallest absolute Gasteiger partial charge is 0.230 e. The second-order valence-corrected chi connectivity index (χ2v) is 8.06. The molecule has 1 N–H and O–H groups in total. The van der Waals surface area contributed by atoms with Gasteiger partial charge < -0.3 is 15.0 Å². The van der Waals surface area contributed by atoms with Gasteiger partial charge in [-0.3, -0.25) is 9.59 Å². The van der Waals surface area contributed by atoms with E-state index in [0.29, 0.717) is 12.4 Å². The van der Waals surface area contributed by atoms with Crippen molar-refractivity contribution in [2.24, 2.45) is 17.3 Å². The Morgan fingerprint density at radius 2 is 2.12 bits per heavy atom. The highest BCUT2D eigenvalue weighted by atomic mass is 16.5. The molecule has 0 radical (unpaired) electrons. The molecule has 0 bridgehead atoms. The maximum Gasteiger partial charge on any atom is 0.230 e. The van der Waals surface area contributed by atoms with Crippen molar-refractivity contribution < 1.29 is 14.3 Å². The van der Waals surface area contributed by atoms with E-state index in [2.05, 4.69) is 10.3 Å². The van der Waals surface area contributed by atoms with Crippen molar-refractivity contribution in [3.05, 3.63) is 23.9 Å². The molecule has 140 valence electrons. The monoisotopic (exact) mass is 357 g/mol. The van der Waals surface area contributed by atoms with Crippen molar-refractivity contribution in [3.8, 4) is 0 Å². The molecule has 3 heterocycles. The molecule has 6 heteroatoms. The molecule has 2 aliphatic heterocycles. The number of piperidine rings is 1. The minimum atomic E-state index is -0.153. The summed E-state index contributed by atoms with van der Waals surface area (Å²) in [5.41, 5.74) is 1.25. The Hall–Kier alpha value is -1.95. The summed E-state index contributed by atoms with van der Waals surface area (Å²) >= 11 is 0. The molecule has 1 aliphatic carbocycles. The summed E-state index contributed by atoms with van der Waals surface area (Å²) in [6.45, 7) is 4.82. The van der Waals surface area contributed by atoms with Crippen LogP contribution in [0.5, 0.6) is 0 Å². The molecule has 4 rings (SSSR count). The van der Waals surface area contributed by atoms with Crippen molar-refractivity contribution in [3.63, 3.8) is 0 Å². The molecule has 2 atom stereocenters. The van der Waals surface area contributed by atoms with Crippen LogP contribution in [0.3, 0.4) is 0 Å². The normalized spacial score (nSPS) is 27.2. The number of hydrogen-bond acceptors (Lipinski definition) is 4. The van der Waals surface area contributed by atoms with Crippen molar-refractivity contribution in [2.75, 3.05) is 31.6 Å². The number of likely N-dealkylation sites (tertiary alicyclic amines) is 1. The van der Waals surface area contributed by atoms with E-state index in [4.69, 9.17) is 4.74 Å². The van der Waals surface area contributed by atoms with Gasteiger partial charge in [0.05, 0.1) is 5.92 Å². The minimum absolute atomic E-state index is 0.0320. The number of carbonyl (C=O) groups excluding carboxylic acids is 2. The molecular formula is C20H27N3O3. The van der Waals surface area contributed by atoms with E-state index in [0.717, 1.165) is 57.4 Å². The summed E-state index contributed by atoms with van der Waals surface area (Å²) < 4.78 is 5.45. The van der Waals surface area contributed by atoms with Crippen LogP contribution in [0.15, 0.2) is 18.3 Å². The molecule has 3 aliphatic rings. The van der Waals surface area contributed by atoms with Gasteiger partial charge in [0.2, 0.25) is 11.8 Å². The standard InChI is InChI=1S/C20H27N3O3/c1-14-4-5-17(21-12-14)22-18(24)15-3-2-8-23(13-15)19(25)16-11-20(16)6-9-26-10-7-20/h4-5,12,15-16H,2-3,6-11,13H2,1H3,(H,21,22,24)/t15-,16+/m0/s1. The summed E-state index contributed by atoms with van der Waals surface area (Å²) in [5, 5.41) is 2.90. The Morgan fingerprint density at radius 3 is 2.85 bits per heavy atom. The quantitative estimate of drug-likeness (QED) is 0.902.